The van der Waals surface area contributed by atoms with Crippen LogP contribution >= 0.6 is 15.9 Å². The minimum atomic E-state index is -0.197. The third-order valence-corrected chi connectivity index (χ3v) is 5.44. The van der Waals surface area contributed by atoms with Crippen molar-refractivity contribution >= 4 is 27.8 Å². The minimum Gasteiger partial charge on any atom is -0.507 e. The predicted octanol–water partition coefficient (Wildman–Crippen LogP) is 3.87. The smallest absolute Gasteiger partial charge is 0.231 e. The summed E-state index contributed by atoms with van der Waals surface area (Å²) < 4.78 is 17.2. The van der Waals surface area contributed by atoms with Crippen LogP contribution in [0.3, 0.4) is 0 Å². The topological polar surface area (TPSA) is 68.2 Å². The van der Waals surface area contributed by atoms with Gasteiger partial charge in [-0.05, 0) is 29.8 Å². The van der Waals surface area contributed by atoms with Crippen LogP contribution in [0.5, 0.6) is 11.5 Å². The van der Waals surface area contributed by atoms with E-state index < -0.39 is 0 Å². The molecule has 3 rings (SSSR count). The van der Waals surface area contributed by atoms with E-state index in [2.05, 4.69) is 20.8 Å². The first-order valence-corrected chi connectivity index (χ1v) is 10.1. The molecule has 154 valence electrons. The first-order chi connectivity index (χ1) is 14.0. The van der Waals surface area contributed by atoms with Crippen molar-refractivity contribution in [2.45, 2.75) is 6.54 Å². The number of fused-ring (bicyclic) bond motifs is 1. The third-order valence-electron chi connectivity index (χ3n) is 4.71. The third kappa shape index (κ3) is 5.05. The Labute approximate surface area is 178 Å². The molecule has 0 amide bonds. The fourth-order valence-electron chi connectivity index (χ4n) is 3.12. The van der Waals surface area contributed by atoms with E-state index in [0.29, 0.717) is 49.7 Å². The molecular weight excluding hydrogens is 438 g/mol. The predicted molar refractivity (Wildman–Crippen MR) is 114 cm³/mol. The summed E-state index contributed by atoms with van der Waals surface area (Å²) in [4.78, 5) is 15.0. The summed E-state index contributed by atoms with van der Waals surface area (Å²) in [6, 6.07) is 10.7. The van der Waals surface area contributed by atoms with Crippen molar-refractivity contribution in [2.24, 2.45) is 0 Å². The zero-order valence-electron chi connectivity index (χ0n) is 16.5. The Morgan fingerprint density at radius 2 is 1.79 bits per heavy atom. The Bertz CT molecular complexity index is 904. The number of hydrogen-bond donors (Lipinski definition) is 1. The van der Waals surface area contributed by atoms with Crippen LogP contribution in [0.1, 0.15) is 21.5 Å². The highest BCUT2D eigenvalue weighted by atomic mass is 79.9. The van der Waals surface area contributed by atoms with Gasteiger partial charge < -0.3 is 19.3 Å². The van der Waals surface area contributed by atoms with Gasteiger partial charge in [-0.1, -0.05) is 34.1 Å². The van der Waals surface area contributed by atoms with Crippen molar-refractivity contribution in [1.29, 1.82) is 0 Å². The molecule has 0 atom stereocenters. The van der Waals surface area contributed by atoms with E-state index in [4.69, 9.17) is 14.2 Å². The number of carbonyl (C=O) groups excluding carboxylic acids is 1. The number of nitrogens with zero attached hydrogens (tertiary/aromatic N) is 1. The fourth-order valence-corrected chi connectivity index (χ4v) is 3.52. The van der Waals surface area contributed by atoms with Gasteiger partial charge in [0, 0.05) is 38.3 Å². The average molecular weight is 462 g/mol. The van der Waals surface area contributed by atoms with Gasteiger partial charge in [-0.3, -0.25) is 9.69 Å². The molecule has 2 aromatic rings. The molecule has 0 aliphatic carbocycles. The van der Waals surface area contributed by atoms with Gasteiger partial charge in [0.1, 0.15) is 11.5 Å². The van der Waals surface area contributed by atoms with Crippen molar-refractivity contribution in [1.82, 2.24) is 4.90 Å². The van der Waals surface area contributed by atoms with E-state index in [9.17, 15) is 9.90 Å². The van der Waals surface area contributed by atoms with Crippen LogP contribution in [0.15, 0.2) is 46.6 Å². The Balaban J connectivity index is 1.90. The second-order valence-electron chi connectivity index (χ2n) is 6.66. The van der Waals surface area contributed by atoms with Gasteiger partial charge >= 0.3 is 0 Å². The van der Waals surface area contributed by atoms with Crippen LogP contribution < -0.4 is 4.74 Å². The van der Waals surface area contributed by atoms with Crippen molar-refractivity contribution < 1.29 is 24.1 Å². The minimum absolute atomic E-state index is 0.0959. The van der Waals surface area contributed by atoms with E-state index in [1.54, 1.807) is 32.4 Å². The number of carbonyl (C=O) groups is 1. The van der Waals surface area contributed by atoms with Crippen LogP contribution in [0.4, 0.5) is 0 Å². The van der Waals surface area contributed by atoms with Crippen molar-refractivity contribution in [3.8, 4) is 11.5 Å². The first kappa shape index (κ1) is 21.5. The maximum Gasteiger partial charge on any atom is 0.231 e. The molecule has 0 unspecified atom stereocenters. The van der Waals surface area contributed by atoms with E-state index in [-0.39, 0.29) is 17.3 Å². The maximum absolute atomic E-state index is 12.9. The lowest BCUT2D eigenvalue weighted by Gasteiger charge is -2.23. The number of phenols is 1. The Hall–Kier alpha value is -2.19. The molecule has 0 bridgehead atoms. The second kappa shape index (κ2) is 10.0. The van der Waals surface area contributed by atoms with Crippen molar-refractivity contribution in [3.63, 3.8) is 0 Å². The number of ether oxygens (including phenoxy) is 3. The molecular formula is C22H24BrNO5. The molecule has 6 nitrogen and oxygen atoms in total. The van der Waals surface area contributed by atoms with Gasteiger partial charge in [0.05, 0.1) is 24.3 Å². The molecule has 0 spiro atoms. The Kier molecular flexibility index (Phi) is 7.44. The number of benzene rings is 2. The largest absolute Gasteiger partial charge is 0.507 e. The lowest BCUT2D eigenvalue weighted by Crippen LogP contribution is -2.30. The van der Waals surface area contributed by atoms with Crippen LogP contribution in [-0.4, -0.2) is 56.3 Å². The van der Waals surface area contributed by atoms with E-state index in [1.807, 2.05) is 24.3 Å². The second-order valence-corrected chi connectivity index (χ2v) is 7.52. The summed E-state index contributed by atoms with van der Waals surface area (Å²) in [5.41, 5.74) is 1.88. The van der Waals surface area contributed by atoms with E-state index >= 15 is 0 Å². The number of methoxy groups -OCH3 is 2. The van der Waals surface area contributed by atoms with E-state index in [0.717, 1.165) is 10.0 Å². The highest BCUT2D eigenvalue weighted by molar-refractivity contribution is 9.10. The zero-order chi connectivity index (χ0) is 20.8. The van der Waals surface area contributed by atoms with Gasteiger partial charge in [-0.2, -0.15) is 0 Å². The summed E-state index contributed by atoms with van der Waals surface area (Å²) in [5.74, 6) is 0.545. The Morgan fingerprint density at radius 1 is 1.10 bits per heavy atom. The first-order valence-electron chi connectivity index (χ1n) is 9.29. The van der Waals surface area contributed by atoms with Gasteiger partial charge in [-0.25, -0.2) is 0 Å². The average Bonchev–Trinajstić information content (AvgIpc) is 3.03. The quantitative estimate of drug-likeness (QED) is 0.571. The summed E-state index contributed by atoms with van der Waals surface area (Å²) >= 11 is 3.48. The molecule has 1 aliphatic heterocycles. The molecule has 0 fully saturated rings. The highest BCUT2D eigenvalue weighted by Crippen LogP contribution is 2.40. The molecule has 0 saturated carbocycles. The summed E-state index contributed by atoms with van der Waals surface area (Å²) in [6.45, 7) is 2.84. The molecule has 1 N–H and O–H groups in total. The number of rotatable bonds is 9. The summed E-state index contributed by atoms with van der Waals surface area (Å²) in [7, 11) is 3.29. The van der Waals surface area contributed by atoms with Crippen LogP contribution in [-0.2, 0) is 16.0 Å². The van der Waals surface area contributed by atoms with Gasteiger partial charge in [0.2, 0.25) is 5.78 Å². The number of phenolic OH excluding ortho intramolecular Hbond substituents is 1. The molecule has 29 heavy (non-hydrogen) atoms. The molecule has 0 aromatic heterocycles. The normalized spacial score (nSPS) is 14.5. The van der Waals surface area contributed by atoms with Gasteiger partial charge in [-0.15, -0.1) is 0 Å². The van der Waals surface area contributed by atoms with Gasteiger partial charge in [0.25, 0.3) is 0 Å². The maximum atomic E-state index is 12.9. The number of halogens is 1. The van der Waals surface area contributed by atoms with E-state index in [1.165, 1.54) is 0 Å². The number of ketones is 1. The van der Waals surface area contributed by atoms with Crippen molar-refractivity contribution in [3.05, 3.63) is 63.3 Å². The summed E-state index contributed by atoms with van der Waals surface area (Å²) in [5, 5.41) is 10.5. The molecule has 0 saturated heterocycles. The zero-order valence-corrected chi connectivity index (χ0v) is 18.1. The molecule has 7 heteroatoms. The highest BCUT2D eigenvalue weighted by Gasteiger charge is 2.31. The number of aromatic hydroxyl groups is 1. The number of Topliss-reactive ketones (excluding diaryl/α,β-unsaturated/α-hetero) is 1. The molecule has 0 radical (unpaired) electrons. The van der Waals surface area contributed by atoms with Crippen LogP contribution in [0.25, 0.3) is 6.08 Å². The standard InChI is InChI=1S/C22H24BrNO5/c1-27-11-9-24(10-12-28-2)14-17-19(25)8-7-16-21(26)20(29-22(16)17)13-15-5-3-4-6-18(15)23/h3-8,13,25H,9-12,14H2,1-2H3/b20-13-. The fraction of sp³-hybridized carbons (Fsp3) is 0.318. The molecule has 2 aromatic carbocycles. The van der Waals surface area contributed by atoms with Gasteiger partial charge in [0.15, 0.2) is 5.76 Å². The monoisotopic (exact) mass is 461 g/mol. The molecule has 1 heterocycles. The Morgan fingerprint density at radius 3 is 2.45 bits per heavy atom. The van der Waals surface area contributed by atoms with Crippen LogP contribution in [0, 0.1) is 0 Å². The summed E-state index contributed by atoms with van der Waals surface area (Å²) in [6.07, 6.45) is 1.71. The van der Waals surface area contributed by atoms with Crippen LogP contribution in [0.2, 0.25) is 0 Å². The SMILES string of the molecule is COCCN(CCOC)Cc1c(O)ccc2c1O/C(=C\c1ccccc1Br)C2=O. The lowest BCUT2D eigenvalue weighted by molar-refractivity contribution is 0.101. The number of allylic oxidation sites excluding steroid dienone is 1. The lowest BCUT2D eigenvalue weighted by atomic mass is 10.0. The molecule has 1 aliphatic rings. The van der Waals surface area contributed by atoms with Crippen molar-refractivity contribution in [2.75, 3.05) is 40.5 Å². The number of hydrogen-bond acceptors (Lipinski definition) is 6.